The van der Waals surface area contributed by atoms with Gasteiger partial charge in [0.2, 0.25) is 0 Å². The quantitative estimate of drug-likeness (QED) is 0.750. The zero-order valence-corrected chi connectivity index (χ0v) is 12.3. The van der Waals surface area contributed by atoms with E-state index in [0.29, 0.717) is 11.5 Å². The molecule has 0 aliphatic carbocycles. The van der Waals surface area contributed by atoms with Crippen LogP contribution in [0.3, 0.4) is 0 Å². The normalized spacial score (nSPS) is 10.8. The molecule has 0 unspecified atom stereocenters. The molecule has 0 fully saturated rings. The second-order valence-electron chi connectivity index (χ2n) is 5.35. The fourth-order valence-electron chi connectivity index (χ4n) is 2.51. The van der Waals surface area contributed by atoms with Crippen LogP contribution in [0, 0.1) is 20.8 Å². The topological polar surface area (TPSA) is 57.8 Å². The number of carbonyl (C=O) groups excluding carboxylic acids is 1. The highest BCUT2D eigenvalue weighted by molar-refractivity contribution is 6.06. The van der Waals surface area contributed by atoms with E-state index in [9.17, 15) is 4.79 Å². The van der Waals surface area contributed by atoms with Gasteiger partial charge in [-0.25, -0.2) is 4.98 Å². The third kappa shape index (κ3) is 2.52. The number of nitrogens with one attached hydrogen (secondary N) is 2. The summed E-state index contributed by atoms with van der Waals surface area (Å²) in [5.41, 5.74) is 4.80. The summed E-state index contributed by atoms with van der Waals surface area (Å²) in [6, 6.07) is 9.81. The number of aromatic nitrogens is 2. The number of aryl methyl sites for hydroxylation is 3. The van der Waals surface area contributed by atoms with Gasteiger partial charge < -0.3 is 10.3 Å². The molecule has 0 atom stereocenters. The van der Waals surface area contributed by atoms with Crippen molar-refractivity contribution < 1.29 is 4.79 Å². The number of benzene rings is 1. The van der Waals surface area contributed by atoms with Crippen molar-refractivity contribution >= 4 is 22.6 Å². The van der Waals surface area contributed by atoms with Gasteiger partial charge in [0.1, 0.15) is 11.5 Å². The number of hydrogen-bond acceptors (Lipinski definition) is 2. The Morgan fingerprint density at radius 1 is 1.14 bits per heavy atom. The van der Waals surface area contributed by atoms with Crippen molar-refractivity contribution in [2.75, 3.05) is 5.32 Å². The minimum Gasteiger partial charge on any atom is -0.351 e. The highest BCUT2D eigenvalue weighted by Crippen LogP contribution is 2.22. The van der Waals surface area contributed by atoms with Gasteiger partial charge in [0, 0.05) is 17.1 Å². The summed E-state index contributed by atoms with van der Waals surface area (Å²) >= 11 is 0. The van der Waals surface area contributed by atoms with Crippen molar-refractivity contribution in [3.8, 4) is 0 Å². The van der Waals surface area contributed by atoms with Gasteiger partial charge in [-0.15, -0.1) is 0 Å². The van der Waals surface area contributed by atoms with Crippen LogP contribution in [-0.2, 0) is 0 Å². The molecule has 0 spiro atoms. The Morgan fingerprint density at radius 3 is 2.71 bits per heavy atom. The van der Waals surface area contributed by atoms with Gasteiger partial charge in [-0.05, 0) is 55.7 Å². The lowest BCUT2D eigenvalue weighted by Gasteiger charge is -2.05. The fourth-order valence-corrected chi connectivity index (χ4v) is 2.51. The number of fused-ring (bicyclic) bond motifs is 1. The lowest BCUT2D eigenvalue weighted by atomic mass is 10.1. The predicted octanol–water partition coefficient (Wildman–Crippen LogP) is 3.74. The van der Waals surface area contributed by atoms with Crippen molar-refractivity contribution in [3.63, 3.8) is 0 Å². The summed E-state index contributed by atoms with van der Waals surface area (Å²) in [7, 11) is 0. The third-order valence-electron chi connectivity index (χ3n) is 3.58. The summed E-state index contributed by atoms with van der Waals surface area (Å²) in [4.78, 5) is 19.7. The number of aromatic amines is 1. The van der Waals surface area contributed by atoms with Crippen LogP contribution in [-0.4, -0.2) is 15.9 Å². The molecule has 2 aromatic heterocycles. The van der Waals surface area contributed by atoms with Crippen LogP contribution in [0.15, 0.2) is 36.5 Å². The Morgan fingerprint density at radius 2 is 1.95 bits per heavy atom. The second-order valence-corrected chi connectivity index (χ2v) is 5.35. The SMILES string of the molecule is Cc1cc(C)c2cc(C(=O)Nc3ncccc3C)[nH]c2c1. The highest BCUT2D eigenvalue weighted by atomic mass is 16.1. The lowest BCUT2D eigenvalue weighted by molar-refractivity contribution is 0.102. The first kappa shape index (κ1) is 13.4. The summed E-state index contributed by atoms with van der Waals surface area (Å²) in [6.45, 7) is 6.01. The monoisotopic (exact) mass is 279 g/mol. The molecule has 1 amide bonds. The van der Waals surface area contributed by atoms with Crippen molar-refractivity contribution in [2.45, 2.75) is 20.8 Å². The third-order valence-corrected chi connectivity index (χ3v) is 3.58. The van der Waals surface area contributed by atoms with Gasteiger partial charge in [0.25, 0.3) is 5.91 Å². The molecule has 0 bridgehead atoms. The van der Waals surface area contributed by atoms with Gasteiger partial charge >= 0.3 is 0 Å². The van der Waals surface area contributed by atoms with Gasteiger partial charge in [-0.2, -0.15) is 0 Å². The molecular weight excluding hydrogens is 262 g/mol. The number of amides is 1. The van der Waals surface area contributed by atoms with Crippen LogP contribution in [0.25, 0.3) is 10.9 Å². The molecule has 3 aromatic rings. The van der Waals surface area contributed by atoms with E-state index >= 15 is 0 Å². The molecule has 2 N–H and O–H groups in total. The van der Waals surface area contributed by atoms with Gasteiger partial charge in [-0.3, -0.25) is 4.79 Å². The molecule has 106 valence electrons. The molecule has 0 radical (unpaired) electrons. The largest absolute Gasteiger partial charge is 0.351 e. The highest BCUT2D eigenvalue weighted by Gasteiger charge is 2.12. The standard InChI is InChI=1S/C17H17N3O/c1-10-7-12(3)13-9-15(19-14(13)8-10)17(21)20-16-11(2)5-4-6-18-16/h4-9,19H,1-3H3,(H,18,20,21). The van der Waals surface area contributed by atoms with Gasteiger partial charge in [0.05, 0.1) is 0 Å². The maximum Gasteiger partial charge on any atom is 0.273 e. The predicted molar refractivity (Wildman–Crippen MR) is 84.7 cm³/mol. The first-order valence-corrected chi connectivity index (χ1v) is 6.87. The van der Waals surface area contributed by atoms with Crippen molar-refractivity contribution in [1.82, 2.24) is 9.97 Å². The number of H-pyrrole nitrogens is 1. The van der Waals surface area contributed by atoms with E-state index in [-0.39, 0.29) is 5.91 Å². The molecule has 4 heteroatoms. The zero-order valence-electron chi connectivity index (χ0n) is 12.3. The van der Waals surface area contributed by atoms with E-state index in [1.165, 1.54) is 5.56 Å². The van der Waals surface area contributed by atoms with E-state index in [1.807, 2.05) is 45.0 Å². The van der Waals surface area contributed by atoms with Crippen molar-refractivity contribution in [3.05, 3.63) is 58.9 Å². The molecule has 0 aliphatic heterocycles. The average Bonchev–Trinajstić information content (AvgIpc) is 2.85. The molecule has 0 saturated heterocycles. The minimum absolute atomic E-state index is 0.176. The van der Waals surface area contributed by atoms with Crippen LogP contribution < -0.4 is 5.32 Å². The average molecular weight is 279 g/mol. The molecule has 3 rings (SSSR count). The van der Waals surface area contributed by atoms with Crippen molar-refractivity contribution in [1.29, 1.82) is 0 Å². The maximum absolute atomic E-state index is 12.3. The van der Waals surface area contributed by atoms with Crippen LogP contribution in [0.4, 0.5) is 5.82 Å². The Kier molecular flexibility index (Phi) is 3.22. The number of carbonyl (C=O) groups is 1. The smallest absolute Gasteiger partial charge is 0.273 e. The van der Waals surface area contributed by atoms with E-state index in [0.717, 1.165) is 22.0 Å². The summed E-state index contributed by atoms with van der Waals surface area (Å²) in [5.74, 6) is 0.416. The summed E-state index contributed by atoms with van der Waals surface area (Å²) in [5, 5.41) is 3.91. The molecular formula is C17H17N3O. The molecule has 0 aliphatic rings. The number of hydrogen-bond donors (Lipinski definition) is 2. The minimum atomic E-state index is -0.176. The Labute approximate surface area is 123 Å². The number of nitrogens with zero attached hydrogens (tertiary/aromatic N) is 1. The molecule has 21 heavy (non-hydrogen) atoms. The zero-order chi connectivity index (χ0) is 15.0. The second kappa shape index (κ2) is 5.05. The van der Waals surface area contributed by atoms with Gasteiger partial charge in [0.15, 0.2) is 0 Å². The van der Waals surface area contributed by atoms with E-state index in [2.05, 4.69) is 21.4 Å². The van der Waals surface area contributed by atoms with Gasteiger partial charge in [-0.1, -0.05) is 12.1 Å². The molecule has 2 heterocycles. The van der Waals surface area contributed by atoms with E-state index in [1.54, 1.807) is 6.20 Å². The van der Waals surface area contributed by atoms with Crippen LogP contribution >= 0.6 is 0 Å². The van der Waals surface area contributed by atoms with E-state index in [4.69, 9.17) is 0 Å². The Balaban J connectivity index is 1.95. The van der Waals surface area contributed by atoms with Crippen molar-refractivity contribution in [2.24, 2.45) is 0 Å². The lowest BCUT2D eigenvalue weighted by Crippen LogP contribution is -2.14. The first-order valence-electron chi connectivity index (χ1n) is 6.87. The molecule has 1 aromatic carbocycles. The number of rotatable bonds is 2. The first-order chi connectivity index (χ1) is 10.0. The maximum atomic E-state index is 12.3. The van der Waals surface area contributed by atoms with Crippen LogP contribution in [0.5, 0.6) is 0 Å². The fraction of sp³-hybridized carbons (Fsp3) is 0.176. The Hall–Kier alpha value is -2.62. The molecule has 0 saturated carbocycles. The summed E-state index contributed by atoms with van der Waals surface area (Å²) < 4.78 is 0. The number of pyridine rings is 1. The number of anilines is 1. The summed E-state index contributed by atoms with van der Waals surface area (Å²) in [6.07, 6.45) is 1.67. The van der Waals surface area contributed by atoms with E-state index < -0.39 is 0 Å². The Bertz CT molecular complexity index is 833. The van der Waals surface area contributed by atoms with Crippen LogP contribution in [0.2, 0.25) is 0 Å². The molecule has 4 nitrogen and oxygen atoms in total. The van der Waals surface area contributed by atoms with Crippen LogP contribution in [0.1, 0.15) is 27.2 Å².